The van der Waals surface area contributed by atoms with Crippen LogP contribution in [0.5, 0.6) is 0 Å². The van der Waals surface area contributed by atoms with E-state index in [0.717, 1.165) is 0 Å². The van der Waals surface area contributed by atoms with Gasteiger partial charge in [-0.05, 0) is 25.1 Å². The zero-order valence-corrected chi connectivity index (χ0v) is 8.48. The molecule has 0 aliphatic heterocycles. The number of nitrogens with two attached hydrogens (primary N) is 1. The molecule has 0 saturated carbocycles. The van der Waals surface area contributed by atoms with Crippen LogP contribution in [-0.4, -0.2) is 12.5 Å². The summed E-state index contributed by atoms with van der Waals surface area (Å²) in [6.07, 6.45) is 0. The van der Waals surface area contributed by atoms with Gasteiger partial charge in [0.25, 0.3) is 0 Å². The molecule has 0 fully saturated rings. The van der Waals surface area contributed by atoms with Gasteiger partial charge in [0.2, 0.25) is 0 Å². The van der Waals surface area contributed by atoms with Crippen molar-refractivity contribution in [2.24, 2.45) is 10.7 Å². The summed E-state index contributed by atoms with van der Waals surface area (Å²) in [7, 11) is 0. The molecule has 1 rings (SSSR count). The van der Waals surface area contributed by atoms with Gasteiger partial charge in [-0.25, -0.2) is 4.39 Å². The second-order valence-electron chi connectivity index (χ2n) is 2.61. The molecule has 0 heterocycles. The predicted molar refractivity (Wildman–Crippen MR) is 57.2 cm³/mol. The molecule has 0 unspecified atom stereocenters. The second kappa shape index (κ2) is 4.81. The number of halogens is 2. The summed E-state index contributed by atoms with van der Waals surface area (Å²) in [4.78, 5) is 3.91. The molecule has 0 saturated heterocycles. The smallest absolute Gasteiger partial charge is 0.193 e. The number of aliphatic imine (C=N–C) groups is 1. The largest absolute Gasteiger partial charge is 0.370 e. The van der Waals surface area contributed by atoms with Gasteiger partial charge in [-0.3, -0.25) is 4.99 Å². The van der Waals surface area contributed by atoms with Crippen LogP contribution >= 0.6 is 11.6 Å². The molecule has 0 atom stereocenters. The number of hydrogen-bond acceptors (Lipinski definition) is 1. The normalized spacial score (nSPS) is 11.5. The van der Waals surface area contributed by atoms with Crippen LogP contribution < -0.4 is 11.1 Å². The van der Waals surface area contributed by atoms with Crippen molar-refractivity contribution in [3.63, 3.8) is 0 Å². The monoisotopic (exact) mass is 215 g/mol. The molecule has 3 N–H and O–H groups in total. The minimum absolute atomic E-state index is 0.265. The summed E-state index contributed by atoms with van der Waals surface area (Å²) in [5.41, 5.74) is 6.05. The highest BCUT2D eigenvalue weighted by Crippen LogP contribution is 2.21. The summed E-state index contributed by atoms with van der Waals surface area (Å²) in [5, 5.41) is 3.04. The fourth-order valence-electron chi connectivity index (χ4n) is 0.939. The van der Waals surface area contributed by atoms with Crippen LogP contribution in [0.2, 0.25) is 5.02 Å². The zero-order valence-electron chi connectivity index (χ0n) is 7.72. The van der Waals surface area contributed by atoms with E-state index in [9.17, 15) is 4.39 Å². The molecule has 76 valence electrons. The van der Waals surface area contributed by atoms with E-state index >= 15 is 0 Å². The van der Waals surface area contributed by atoms with Crippen LogP contribution in [0.1, 0.15) is 6.92 Å². The van der Waals surface area contributed by atoms with Gasteiger partial charge in [0.05, 0.1) is 10.7 Å². The highest BCUT2D eigenvalue weighted by Gasteiger charge is 2.02. The number of anilines is 1. The third-order valence-corrected chi connectivity index (χ3v) is 1.84. The standard InChI is InChI=1S/C9H11ClFN3/c1-2-13-9(12)14-8-4-3-6(11)5-7(8)10/h3-5H,2H2,1H3,(H3,12,13,14). The van der Waals surface area contributed by atoms with Gasteiger partial charge in [0.1, 0.15) is 5.82 Å². The van der Waals surface area contributed by atoms with Gasteiger partial charge in [0.15, 0.2) is 5.96 Å². The molecule has 0 aliphatic carbocycles. The van der Waals surface area contributed by atoms with Crippen molar-refractivity contribution in [2.45, 2.75) is 6.92 Å². The van der Waals surface area contributed by atoms with Gasteiger partial charge in [-0.1, -0.05) is 11.6 Å². The second-order valence-corrected chi connectivity index (χ2v) is 3.02. The first-order valence-electron chi connectivity index (χ1n) is 4.15. The van der Waals surface area contributed by atoms with Crippen molar-refractivity contribution in [3.05, 3.63) is 29.0 Å². The topological polar surface area (TPSA) is 50.4 Å². The molecule has 3 nitrogen and oxygen atoms in total. The molecular formula is C9H11ClFN3. The van der Waals surface area contributed by atoms with E-state index in [-0.39, 0.29) is 16.8 Å². The first-order valence-corrected chi connectivity index (χ1v) is 4.53. The molecule has 14 heavy (non-hydrogen) atoms. The highest BCUT2D eigenvalue weighted by molar-refractivity contribution is 6.33. The molecular weight excluding hydrogens is 205 g/mol. The number of rotatable bonds is 2. The van der Waals surface area contributed by atoms with Gasteiger partial charge < -0.3 is 11.1 Å². The lowest BCUT2D eigenvalue weighted by molar-refractivity contribution is 0.628. The summed E-state index contributed by atoms with van der Waals surface area (Å²) < 4.78 is 12.7. The average molecular weight is 216 g/mol. The lowest BCUT2D eigenvalue weighted by Gasteiger charge is -2.06. The molecule has 0 bridgehead atoms. The lowest BCUT2D eigenvalue weighted by Crippen LogP contribution is -2.22. The average Bonchev–Trinajstić information content (AvgIpc) is 2.10. The molecule has 0 spiro atoms. The zero-order chi connectivity index (χ0) is 10.6. The van der Waals surface area contributed by atoms with E-state index in [0.29, 0.717) is 12.2 Å². The van der Waals surface area contributed by atoms with Crippen molar-refractivity contribution in [3.8, 4) is 0 Å². The maximum Gasteiger partial charge on any atom is 0.193 e. The SMILES string of the molecule is CCN=C(N)Nc1ccc(F)cc1Cl. The van der Waals surface area contributed by atoms with E-state index < -0.39 is 0 Å². The van der Waals surface area contributed by atoms with Crippen molar-refractivity contribution >= 4 is 23.2 Å². The Morgan fingerprint density at radius 2 is 2.36 bits per heavy atom. The number of nitrogens with zero attached hydrogens (tertiary/aromatic N) is 1. The number of guanidine groups is 1. The molecule has 1 aromatic rings. The first kappa shape index (κ1) is 10.8. The van der Waals surface area contributed by atoms with Crippen molar-refractivity contribution in [1.29, 1.82) is 0 Å². The third kappa shape index (κ3) is 2.88. The highest BCUT2D eigenvalue weighted by atomic mass is 35.5. The quantitative estimate of drug-likeness (QED) is 0.587. The summed E-state index contributed by atoms with van der Waals surface area (Å²) in [6, 6.07) is 4.02. The van der Waals surface area contributed by atoms with Crippen LogP contribution in [0.3, 0.4) is 0 Å². The van der Waals surface area contributed by atoms with Crippen molar-refractivity contribution in [2.75, 3.05) is 11.9 Å². The van der Waals surface area contributed by atoms with E-state index in [1.165, 1.54) is 18.2 Å². The molecule has 0 aliphatic rings. The van der Waals surface area contributed by atoms with E-state index in [1.54, 1.807) is 0 Å². The van der Waals surface area contributed by atoms with Crippen LogP contribution in [0.15, 0.2) is 23.2 Å². The maximum atomic E-state index is 12.7. The Morgan fingerprint density at radius 3 is 2.93 bits per heavy atom. The summed E-state index contributed by atoms with van der Waals surface area (Å²) >= 11 is 5.76. The number of hydrogen-bond donors (Lipinski definition) is 2. The van der Waals surface area contributed by atoms with E-state index in [2.05, 4.69) is 10.3 Å². The van der Waals surface area contributed by atoms with E-state index in [1.807, 2.05) is 6.92 Å². The van der Waals surface area contributed by atoms with Gasteiger partial charge >= 0.3 is 0 Å². The number of nitrogens with one attached hydrogen (secondary N) is 1. The maximum absolute atomic E-state index is 12.7. The molecule has 0 radical (unpaired) electrons. The van der Waals surface area contributed by atoms with Gasteiger partial charge in [-0.2, -0.15) is 0 Å². The Bertz CT molecular complexity index is 352. The van der Waals surface area contributed by atoms with Crippen molar-refractivity contribution < 1.29 is 4.39 Å². The molecule has 0 amide bonds. The Morgan fingerprint density at radius 1 is 1.64 bits per heavy atom. The van der Waals surface area contributed by atoms with Gasteiger partial charge in [-0.15, -0.1) is 0 Å². The summed E-state index contributed by atoms with van der Waals surface area (Å²) in [6.45, 7) is 2.44. The van der Waals surface area contributed by atoms with E-state index in [4.69, 9.17) is 17.3 Å². The molecule has 1 aromatic carbocycles. The lowest BCUT2D eigenvalue weighted by atomic mass is 10.3. The Labute approximate surface area is 86.8 Å². The predicted octanol–water partition coefficient (Wildman–Crippen LogP) is 2.23. The Kier molecular flexibility index (Phi) is 3.71. The molecule has 0 aromatic heterocycles. The minimum atomic E-state index is -0.383. The molecule has 5 heteroatoms. The van der Waals surface area contributed by atoms with Crippen LogP contribution in [0.25, 0.3) is 0 Å². The Hall–Kier alpha value is -1.29. The Balaban J connectivity index is 2.82. The first-order chi connectivity index (χ1) is 6.63. The van der Waals surface area contributed by atoms with Crippen LogP contribution in [-0.2, 0) is 0 Å². The minimum Gasteiger partial charge on any atom is -0.370 e. The van der Waals surface area contributed by atoms with Crippen LogP contribution in [0, 0.1) is 5.82 Å². The van der Waals surface area contributed by atoms with Gasteiger partial charge in [0, 0.05) is 6.54 Å². The number of benzene rings is 1. The fraction of sp³-hybridized carbons (Fsp3) is 0.222. The van der Waals surface area contributed by atoms with Crippen molar-refractivity contribution in [1.82, 2.24) is 0 Å². The summed E-state index contributed by atoms with van der Waals surface area (Å²) in [5.74, 6) is -0.118. The van der Waals surface area contributed by atoms with Crippen LogP contribution in [0.4, 0.5) is 10.1 Å². The third-order valence-electron chi connectivity index (χ3n) is 1.52. The fourth-order valence-corrected chi connectivity index (χ4v) is 1.15.